The van der Waals surface area contributed by atoms with Crippen LogP contribution in [-0.2, 0) is 4.79 Å². The number of carbonyl (C=O) groups excluding carboxylic acids is 1. The minimum atomic E-state index is -0.134. The molecule has 2 nitrogen and oxygen atoms in total. The van der Waals surface area contributed by atoms with E-state index >= 15 is 0 Å². The largest absolute Gasteiger partial charge is 0.326 e. The van der Waals surface area contributed by atoms with Gasteiger partial charge >= 0.3 is 0 Å². The highest BCUT2D eigenvalue weighted by Crippen LogP contribution is 2.45. The van der Waals surface area contributed by atoms with E-state index in [0.717, 1.165) is 18.5 Å². The number of carbonyl (C=O) groups is 1. The lowest BCUT2D eigenvalue weighted by Gasteiger charge is -2.09. The maximum atomic E-state index is 11.7. The SMILES string of the molecule is [CH]c1cccc(NC(=O)C2(C)CC2)c1. The number of benzene rings is 1. The van der Waals surface area contributed by atoms with Crippen LogP contribution in [-0.4, -0.2) is 5.91 Å². The first-order chi connectivity index (χ1) is 6.60. The molecule has 14 heavy (non-hydrogen) atoms. The van der Waals surface area contributed by atoms with Gasteiger partial charge in [0.25, 0.3) is 0 Å². The van der Waals surface area contributed by atoms with Gasteiger partial charge in [0.05, 0.1) is 0 Å². The van der Waals surface area contributed by atoms with Crippen LogP contribution in [0.1, 0.15) is 25.3 Å². The molecule has 1 saturated carbocycles. The Balaban J connectivity index is 2.07. The van der Waals surface area contributed by atoms with Crippen LogP contribution >= 0.6 is 0 Å². The van der Waals surface area contributed by atoms with E-state index in [1.807, 2.05) is 19.1 Å². The molecule has 1 aliphatic carbocycles. The molecule has 0 saturated heterocycles. The van der Waals surface area contributed by atoms with Gasteiger partial charge in [-0.05, 0) is 37.5 Å². The van der Waals surface area contributed by atoms with Crippen molar-refractivity contribution in [1.29, 1.82) is 0 Å². The van der Waals surface area contributed by atoms with Crippen molar-refractivity contribution in [2.75, 3.05) is 5.32 Å². The number of hydrogen-bond acceptors (Lipinski definition) is 1. The summed E-state index contributed by atoms with van der Waals surface area (Å²) in [6, 6.07) is 7.25. The van der Waals surface area contributed by atoms with Crippen molar-refractivity contribution in [2.24, 2.45) is 5.41 Å². The van der Waals surface area contributed by atoms with Crippen molar-refractivity contribution in [3.05, 3.63) is 36.8 Å². The Morgan fingerprint density at radius 2 is 2.21 bits per heavy atom. The van der Waals surface area contributed by atoms with E-state index in [1.54, 1.807) is 12.1 Å². The smallest absolute Gasteiger partial charge is 0.230 e. The Morgan fingerprint density at radius 3 is 2.79 bits per heavy atom. The zero-order chi connectivity index (χ0) is 10.2. The third kappa shape index (κ3) is 1.79. The summed E-state index contributed by atoms with van der Waals surface area (Å²) in [7, 11) is 0. The monoisotopic (exact) mass is 187 g/mol. The van der Waals surface area contributed by atoms with Gasteiger partial charge in [-0.1, -0.05) is 19.1 Å². The predicted octanol–water partition coefficient (Wildman–Crippen LogP) is 2.48. The predicted molar refractivity (Wildman–Crippen MR) is 55.8 cm³/mol. The first kappa shape index (κ1) is 9.25. The summed E-state index contributed by atoms with van der Waals surface area (Å²) in [5, 5.41) is 2.87. The fraction of sp³-hybridized carbons (Fsp3) is 0.333. The summed E-state index contributed by atoms with van der Waals surface area (Å²) in [4.78, 5) is 11.7. The molecule has 0 atom stereocenters. The molecule has 0 heterocycles. The maximum absolute atomic E-state index is 11.7. The van der Waals surface area contributed by atoms with Crippen LogP contribution < -0.4 is 5.32 Å². The molecule has 0 aliphatic heterocycles. The van der Waals surface area contributed by atoms with Gasteiger partial charge < -0.3 is 5.32 Å². The number of nitrogens with one attached hydrogen (secondary N) is 1. The molecule has 0 aromatic heterocycles. The average Bonchev–Trinajstić information content (AvgIpc) is 2.85. The number of amides is 1. The van der Waals surface area contributed by atoms with Gasteiger partial charge in [-0.15, -0.1) is 0 Å². The van der Waals surface area contributed by atoms with E-state index in [9.17, 15) is 4.79 Å². The van der Waals surface area contributed by atoms with Crippen molar-refractivity contribution < 1.29 is 4.79 Å². The molecule has 1 aromatic carbocycles. The molecule has 1 amide bonds. The maximum Gasteiger partial charge on any atom is 0.230 e. The Kier molecular flexibility index (Phi) is 2.06. The van der Waals surface area contributed by atoms with Crippen molar-refractivity contribution in [1.82, 2.24) is 0 Å². The second kappa shape index (κ2) is 3.12. The lowest BCUT2D eigenvalue weighted by Crippen LogP contribution is -2.21. The summed E-state index contributed by atoms with van der Waals surface area (Å²) in [5.74, 6) is 0.100. The van der Waals surface area contributed by atoms with E-state index in [4.69, 9.17) is 6.92 Å². The molecule has 1 aromatic rings. The first-order valence-corrected chi connectivity index (χ1v) is 4.77. The van der Waals surface area contributed by atoms with Gasteiger partial charge in [-0.3, -0.25) is 4.79 Å². The highest BCUT2D eigenvalue weighted by molar-refractivity contribution is 5.96. The number of anilines is 1. The lowest BCUT2D eigenvalue weighted by atomic mass is 10.1. The second-order valence-electron chi connectivity index (χ2n) is 4.14. The number of rotatable bonds is 2. The molecule has 0 bridgehead atoms. The number of hydrogen-bond donors (Lipinski definition) is 1. The fourth-order valence-electron chi connectivity index (χ4n) is 1.31. The van der Waals surface area contributed by atoms with Gasteiger partial charge in [-0.25, -0.2) is 0 Å². The standard InChI is InChI=1S/C12H13NO/c1-9-4-3-5-10(8-9)13-11(14)12(2)6-7-12/h1,3-5,8H,6-7H2,2H3,(H,13,14). The summed E-state index contributed by atoms with van der Waals surface area (Å²) in [6.45, 7) is 7.59. The third-order valence-electron chi connectivity index (χ3n) is 2.69. The normalized spacial score (nSPS) is 17.6. The highest BCUT2D eigenvalue weighted by Gasteiger charge is 2.44. The van der Waals surface area contributed by atoms with Gasteiger partial charge in [0.1, 0.15) is 0 Å². The second-order valence-corrected chi connectivity index (χ2v) is 4.14. The topological polar surface area (TPSA) is 29.1 Å². The molecular weight excluding hydrogens is 174 g/mol. The van der Waals surface area contributed by atoms with Crippen LogP contribution in [0.5, 0.6) is 0 Å². The van der Waals surface area contributed by atoms with Crippen LogP contribution in [0.2, 0.25) is 0 Å². The van der Waals surface area contributed by atoms with Crippen LogP contribution in [0.15, 0.2) is 24.3 Å². The van der Waals surface area contributed by atoms with Gasteiger partial charge in [0.2, 0.25) is 5.91 Å². The van der Waals surface area contributed by atoms with Crippen molar-refractivity contribution in [2.45, 2.75) is 19.8 Å². The minimum Gasteiger partial charge on any atom is -0.326 e. The molecule has 1 aliphatic rings. The van der Waals surface area contributed by atoms with Crippen molar-refractivity contribution in [3.63, 3.8) is 0 Å². The van der Waals surface area contributed by atoms with E-state index in [2.05, 4.69) is 5.32 Å². The average molecular weight is 187 g/mol. The van der Waals surface area contributed by atoms with Gasteiger partial charge in [-0.2, -0.15) is 0 Å². The molecule has 2 radical (unpaired) electrons. The van der Waals surface area contributed by atoms with Gasteiger partial charge in [0, 0.05) is 11.1 Å². The molecule has 2 rings (SSSR count). The Morgan fingerprint density at radius 1 is 1.50 bits per heavy atom. The van der Waals surface area contributed by atoms with E-state index in [-0.39, 0.29) is 11.3 Å². The van der Waals surface area contributed by atoms with Crippen molar-refractivity contribution >= 4 is 11.6 Å². The van der Waals surface area contributed by atoms with Crippen LogP contribution in [0.3, 0.4) is 0 Å². The van der Waals surface area contributed by atoms with Gasteiger partial charge in [0.15, 0.2) is 0 Å². The van der Waals surface area contributed by atoms with Crippen molar-refractivity contribution in [3.8, 4) is 0 Å². The van der Waals surface area contributed by atoms with E-state index < -0.39 is 0 Å². The lowest BCUT2D eigenvalue weighted by molar-refractivity contribution is -0.120. The van der Waals surface area contributed by atoms with E-state index in [0.29, 0.717) is 5.56 Å². The minimum absolute atomic E-state index is 0.100. The van der Waals surface area contributed by atoms with E-state index in [1.165, 1.54) is 0 Å². The molecule has 1 N–H and O–H groups in total. The summed E-state index contributed by atoms with van der Waals surface area (Å²) < 4.78 is 0. The van der Waals surface area contributed by atoms with Crippen LogP contribution in [0.4, 0.5) is 5.69 Å². The summed E-state index contributed by atoms with van der Waals surface area (Å²) >= 11 is 0. The molecule has 0 spiro atoms. The molecule has 1 fully saturated rings. The summed E-state index contributed by atoms with van der Waals surface area (Å²) in [5.41, 5.74) is 1.32. The highest BCUT2D eigenvalue weighted by atomic mass is 16.2. The molecular formula is C12H13NO. The first-order valence-electron chi connectivity index (χ1n) is 4.77. The summed E-state index contributed by atoms with van der Waals surface area (Å²) in [6.07, 6.45) is 1.97. The Bertz CT molecular complexity index is 366. The quantitative estimate of drug-likeness (QED) is 0.757. The zero-order valence-electron chi connectivity index (χ0n) is 8.21. The fourth-order valence-corrected chi connectivity index (χ4v) is 1.31. The molecule has 0 unspecified atom stereocenters. The molecule has 72 valence electrons. The zero-order valence-corrected chi connectivity index (χ0v) is 8.21. The van der Waals surface area contributed by atoms with Crippen LogP contribution in [0.25, 0.3) is 0 Å². The molecule has 2 heteroatoms. The third-order valence-corrected chi connectivity index (χ3v) is 2.69. The van der Waals surface area contributed by atoms with Crippen LogP contribution in [0, 0.1) is 12.3 Å². The Labute approximate surface area is 84.3 Å². The Hall–Kier alpha value is -1.31.